The lowest BCUT2D eigenvalue weighted by Crippen LogP contribution is -2.14. The summed E-state index contributed by atoms with van der Waals surface area (Å²) < 4.78 is 266. The van der Waals surface area contributed by atoms with Gasteiger partial charge in [-0.1, -0.05) is 522 Å². The number of hydrogen-bond donors (Lipinski definition) is 0. The standard InChI is InChI=1S/C53H36O.2C44H28O.4CH4.9H2/c1-53(2)46-22-12-10-16-39(46)45-32-36(28-31-47(45)53)38-30-29-37(51-44-21-11-13-23-48(44)54-52(38)51)33-24-26-35(27-25-33)50-42-19-8-6-17-40(42)49(34-14-4-3-5-15-34)41-18-7-9-20-43(41)50;1-3-13-29(14-4-1)33-21-11-23-39-40-24-12-22-34(44(40)45-43(33)39)30-25-27-32(28-26-30)42-37-19-9-7-17-35(37)41(31-15-5-2-6-16-31)36-18-8-10-20-38(36)42;1-3-11-29(12-4-1)33-23-25-35-36-26-24-34(28-42(36)45-41(35)27-33)30-19-21-32(22-20-30)44-39-17-9-7-15-37(39)43(31-13-5-2-6-14-31)38-16-8-10-18-40(38)44;;;;;;;;;;;;;/h3-32H,1-2H3;2*1-28H;4*1H4;9*1H/i6D,9D,17D,20D;1D,7D,8D,9D,10D,25D,28D;15D,24D,26D,28D;4*1D;9*1+1D. The normalized spacial score (nSPS) is 13.9. The van der Waals surface area contributed by atoms with Gasteiger partial charge in [0.05, 0.1) is 20.6 Å². The van der Waals surface area contributed by atoms with Gasteiger partial charge in [0.1, 0.15) is 33.5 Å². The first-order valence-electron chi connectivity index (χ1n) is 69.0. The van der Waals surface area contributed by atoms with Gasteiger partial charge in [0.2, 0.25) is 0 Å². The number of hydrogen-bond acceptors (Lipinski definition) is 3. The van der Waals surface area contributed by atoms with Crippen molar-refractivity contribution in [2.75, 3.05) is 0 Å². The van der Waals surface area contributed by atoms with Crippen LogP contribution in [0.5, 0.6) is 0 Å². The molecule has 29 rings (SSSR count). The van der Waals surface area contributed by atoms with Gasteiger partial charge in [0, 0.05) is 86.6 Å². The molecule has 0 spiro atoms. The zero-order valence-corrected chi connectivity index (χ0v) is 82.2. The molecule has 0 radical (unpaired) electrons. The average Bonchev–Trinajstić information content (AvgIpc) is 1.29. The van der Waals surface area contributed by atoms with Crippen LogP contribution in [0.1, 0.15) is 107 Å². The maximum atomic E-state index is 9.44. The molecule has 0 bridgehead atoms. The Morgan fingerprint density at radius 1 is 0.189 bits per heavy atom. The number of benzene rings is 25. The Bertz CT molecular complexity index is 10900. The Morgan fingerprint density at radius 2 is 0.574 bits per heavy atom. The van der Waals surface area contributed by atoms with Gasteiger partial charge >= 0.3 is 0 Å². The van der Waals surface area contributed by atoms with Crippen molar-refractivity contribution in [2.45, 2.75) is 48.9 Å². The highest BCUT2D eigenvalue weighted by atomic mass is 16.3. The molecule has 3 nitrogen and oxygen atoms in total. The van der Waals surface area contributed by atoms with E-state index in [1.54, 1.807) is 60.7 Å². The van der Waals surface area contributed by atoms with Crippen LogP contribution < -0.4 is 0 Å². The molecule has 724 valence electrons. The molecule has 28 aromatic rings. The van der Waals surface area contributed by atoms with Crippen LogP contribution in [0.4, 0.5) is 0 Å². The number of fused-ring (bicyclic) bond motifs is 18. The summed E-state index contributed by atoms with van der Waals surface area (Å²) in [6.07, 6.45) is 0. The lowest BCUT2D eigenvalue weighted by Gasteiger charge is -2.21. The van der Waals surface area contributed by atoms with Crippen LogP contribution in [0.3, 0.4) is 0 Å². The second-order valence-corrected chi connectivity index (χ2v) is 37.3. The molecule has 0 N–H and O–H groups in total. The first-order valence-corrected chi connectivity index (χ1v) is 48.5. The van der Waals surface area contributed by atoms with Gasteiger partial charge in [-0.2, -0.15) is 0 Å². The summed E-state index contributed by atoms with van der Waals surface area (Å²) in [6.45, 7) is 4.61. The van der Waals surface area contributed by atoms with E-state index in [0.717, 1.165) is 171 Å². The molecular formula is C145H126O3. The number of rotatable bonds is 12. The van der Waals surface area contributed by atoms with Gasteiger partial charge in [-0.05, 0) is 246 Å². The monoisotopic (exact) mass is 1950 g/mol. The number of furan rings is 3. The molecular weight excluding hydrogens is 1790 g/mol. The maximum absolute atomic E-state index is 9.44. The Morgan fingerprint density at radius 3 is 1.16 bits per heavy atom. The van der Waals surface area contributed by atoms with Crippen LogP contribution in [0.2, 0.25) is 0 Å². The summed E-state index contributed by atoms with van der Waals surface area (Å²) in [7, 11) is 5.00. The lowest BCUT2D eigenvalue weighted by molar-refractivity contribution is 0.660. The molecule has 0 saturated heterocycles. The summed E-state index contributed by atoms with van der Waals surface area (Å²) >= 11 is 0. The third-order valence-electron chi connectivity index (χ3n) is 28.9. The van der Waals surface area contributed by atoms with E-state index in [1.165, 1.54) is 51.9 Å². The van der Waals surface area contributed by atoms with Crippen LogP contribution in [-0.4, -0.2) is 0 Å². The van der Waals surface area contributed by atoms with Crippen LogP contribution in [0.15, 0.2) is 535 Å². The molecule has 148 heavy (non-hydrogen) atoms. The third-order valence-corrected chi connectivity index (χ3v) is 28.9. The minimum atomic E-state index is -0.0720. The van der Waals surface area contributed by atoms with Crippen LogP contribution in [0.25, 0.3) is 275 Å². The van der Waals surface area contributed by atoms with Crippen LogP contribution in [0, 0.1) is 0 Å². The fraction of sp³-hybridized carbons (Fsp3) is 0.0483. The van der Waals surface area contributed by atoms with E-state index in [4.69, 9.17) is 60.5 Å². The molecule has 3 heteroatoms. The van der Waals surface area contributed by atoms with Crippen molar-refractivity contribution in [3.63, 3.8) is 0 Å². The fourth-order valence-electron chi connectivity index (χ4n) is 22.3. The van der Waals surface area contributed by atoms with E-state index >= 15 is 0 Å². The Labute approximate surface area is 918 Å². The molecule has 3 aromatic heterocycles. The van der Waals surface area contributed by atoms with Gasteiger partial charge < -0.3 is 13.3 Å². The van der Waals surface area contributed by atoms with Crippen molar-refractivity contribution in [2.24, 2.45) is 0 Å². The average molecular weight is 1950 g/mol. The Hall–Kier alpha value is -18.5. The largest absolute Gasteiger partial charge is 0.456 e. The van der Waals surface area contributed by atoms with Crippen LogP contribution in [-0.2, 0) is 5.41 Å². The summed E-state index contributed by atoms with van der Waals surface area (Å²) in [6, 6.07) is 143. The van der Waals surface area contributed by atoms with E-state index in [1.807, 2.05) is 249 Å². The van der Waals surface area contributed by atoms with E-state index < -0.39 is 0 Å². The molecule has 25 aromatic carbocycles. The van der Waals surface area contributed by atoms with Crippen LogP contribution >= 0.6 is 0 Å². The second kappa shape index (κ2) is 38.6. The van der Waals surface area contributed by atoms with E-state index in [2.05, 4.69) is 135 Å². The van der Waals surface area contributed by atoms with Crippen molar-refractivity contribution < 1.29 is 66.0 Å². The first kappa shape index (κ1) is 66.3. The molecule has 0 unspecified atom stereocenters. The van der Waals surface area contributed by atoms with E-state index in [9.17, 15) is 5.48 Å². The van der Waals surface area contributed by atoms with Gasteiger partial charge in [0.15, 0.2) is 0 Å². The molecule has 0 amide bonds. The summed E-state index contributed by atoms with van der Waals surface area (Å²) in [5, 5.41) is 14.8. The van der Waals surface area contributed by atoms with Crippen molar-refractivity contribution in [1.29, 1.82) is 0 Å². The zero-order chi connectivity index (χ0) is 135. The van der Waals surface area contributed by atoms with Gasteiger partial charge in [-0.25, -0.2) is 0 Å². The SMILES string of the molecule is [2H]C.[2H]C.[2H]C.[2H]C.[2H][2H].[2H][2H].[2H][2H].[2H][2H].[2H][2H].[2H][2H].[2H][2H].[2H][2H].[2H][2H].[2H]c1c(-c2ccc(-c3c4ccccc4c(-c4ccccc4)c4c([2H])cccc34)cc2)c([2H])c2oc3cc(-c4ccccc4)ccc3c2c1[2H].[2H]c1ccc(-c2cccc3c2oc2c(-c4cc([2H])c(-c5c6cc([2H])c([2H])cc6c(-c6ccccc6)c6cc([2H])c([2H])cc56)cc4[2H])cccc23)cc1.[2H]c1ccc2c(-c3ccc(-c4ccc(-c5ccc6c(c5)-c5ccccc5C6(C)C)c5oc6ccccc6c45)cc3)c3c([2H])c([2H])ccc3c(-c3ccccc3)c2c1[2H]. The van der Waals surface area contributed by atoms with Gasteiger partial charge in [0.25, 0.3) is 0 Å². The zero-order valence-electron chi connectivity index (χ0n) is 119. The minimum Gasteiger partial charge on any atom is -0.456 e. The van der Waals surface area contributed by atoms with Gasteiger partial charge in [-0.15, -0.1) is 0 Å². The van der Waals surface area contributed by atoms with Crippen molar-refractivity contribution in [1.82, 2.24) is 0 Å². The molecule has 0 atom stereocenters. The van der Waals surface area contributed by atoms with Gasteiger partial charge in [-0.3, -0.25) is 0 Å². The topological polar surface area (TPSA) is 39.4 Å². The maximum Gasteiger partial charge on any atom is 0.143 e. The molecule has 0 aliphatic heterocycles. The predicted molar refractivity (Wildman–Crippen MR) is 655 cm³/mol. The summed E-state index contributed by atoms with van der Waals surface area (Å²) in [4.78, 5) is 0. The predicted octanol–water partition coefficient (Wildman–Crippen LogP) is 44.7. The van der Waals surface area contributed by atoms with E-state index in [0.29, 0.717) is 106 Å². The molecule has 0 saturated carbocycles. The van der Waals surface area contributed by atoms with Crippen molar-refractivity contribution in [3.05, 3.63) is 532 Å². The second-order valence-electron chi connectivity index (χ2n) is 37.3. The minimum absolute atomic E-state index is 0.00190. The molecule has 0 fully saturated rings. The highest BCUT2D eigenvalue weighted by Gasteiger charge is 2.36. The third kappa shape index (κ3) is 15.8. The first-order chi connectivity index (χ1) is 90.4. The fourth-order valence-corrected chi connectivity index (χ4v) is 22.3. The quantitative estimate of drug-likeness (QED) is 0.114. The van der Waals surface area contributed by atoms with E-state index in [-0.39, 0.29) is 84.0 Å². The highest BCUT2D eigenvalue weighted by Crippen LogP contribution is 2.54. The molecule has 1 aliphatic rings. The molecule has 1 aliphatic carbocycles. The van der Waals surface area contributed by atoms with Crippen molar-refractivity contribution in [3.8, 4) is 145 Å². The number of para-hydroxylation sites is 3. The summed E-state index contributed by atoms with van der Waals surface area (Å²) in [5.74, 6) is 0. The smallest absolute Gasteiger partial charge is 0.143 e. The van der Waals surface area contributed by atoms with Crippen molar-refractivity contribution >= 4 is 130 Å². The highest BCUT2D eigenvalue weighted by molar-refractivity contribution is 6.26. The Balaban J connectivity index is 0.000000195. The lowest BCUT2D eigenvalue weighted by atomic mass is 9.82. The Kier molecular flexibility index (Phi) is 17.3. The molecule has 3 heterocycles. The summed E-state index contributed by atoms with van der Waals surface area (Å²) in [5.41, 5.74) is 29.6.